The Kier molecular flexibility index (Phi) is 3.83. The minimum absolute atomic E-state index is 0.105. The van der Waals surface area contributed by atoms with Crippen molar-refractivity contribution in [1.29, 1.82) is 0 Å². The molecule has 3 aromatic rings. The van der Waals surface area contributed by atoms with Crippen LogP contribution in [0.1, 0.15) is 10.4 Å². The number of carboxylic acid groups (broad SMARTS) is 1. The van der Waals surface area contributed by atoms with E-state index in [0.29, 0.717) is 0 Å². The van der Waals surface area contributed by atoms with Crippen molar-refractivity contribution < 1.29 is 22.7 Å². The average Bonchev–Trinajstić information content (AvgIpc) is 3.00. The fourth-order valence-corrected chi connectivity index (χ4v) is 2.18. The van der Waals surface area contributed by atoms with Gasteiger partial charge in [-0.2, -0.15) is 0 Å². The van der Waals surface area contributed by atoms with Crippen molar-refractivity contribution in [3.63, 3.8) is 0 Å². The monoisotopic (exact) mass is 308 g/mol. The predicted octanol–water partition coefficient (Wildman–Crippen LogP) is 1.48. The summed E-state index contributed by atoms with van der Waals surface area (Å²) >= 11 is 0. The second-order valence-corrected chi connectivity index (χ2v) is 5.74. The van der Waals surface area contributed by atoms with E-state index in [1.807, 2.05) is 18.2 Å². The van der Waals surface area contributed by atoms with Gasteiger partial charge in [-0.15, -0.1) is 0 Å². The van der Waals surface area contributed by atoms with E-state index in [-0.39, 0.29) is 10.5 Å². The molecular formula is C13H12N2O5S. The first-order valence-electron chi connectivity index (χ1n) is 5.71. The number of sulfonamides is 1. The Hall–Kier alpha value is -2.58. The standard InChI is InChI=1S/C7H7NO4S.C6H5NO/c8-13(11,12)6-3-1-2-5(4-6)7(9)10;7-5-3-4-1-2-6(5)8-4/h1-4H,(H,9,10)(H2,8,11,12);1-3H,7H2. The van der Waals surface area contributed by atoms with Crippen LogP contribution >= 0.6 is 0 Å². The second kappa shape index (κ2) is 5.43. The van der Waals surface area contributed by atoms with E-state index in [0.717, 1.165) is 22.9 Å². The van der Waals surface area contributed by atoms with Crippen LogP contribution in [0, 0.1) is 0 Å². The van der Waals surface area contributed by atoms with Crippen molar-refractivity contribution in [3.8, 4) is 0 Å². The Bertz CT molecular complexity index is 869. The van der Waals surface area contributed by atoms with Crippen molar-refractivity contribution in [3.05, 3.63) is 48.0 Å². The van der Waals surface area contributed by atoms with Crippen LogP contribution in [-0.4, -0.2) is 19.5 Å². The molecule has 5 N–H and O–H groups in total. The molecule has 0 atom stereocenters. The van der Waals surface area contributed by atoms with Gasteiger partial charge in [0.1, 0.15) is 5.58 Å². The van der Waals surface area contributed by atoms with Crippen molar-refractivity contribution in [2.45, 2.75) is 4.90 Å². The molecule has 1 aromatic carbocycles. The Balaban J connectivity index is 0.000000170. The highest BCUT2D eigenvalue weighted by atomic mass is 32.2. The van der Waals surface area contributed by atoms with Crippen LogP contribution < -0.4 is 10.9 Å². The second-order valence-electron chi connectivity index (χ2n) is 4.18. The summed E-state index contributed by atoms with van der Waals surface area (Å²) in [6.07, 6.45) is 0. The van der Waals surface area contributed by atoms with Crippen LogP contribution in [0.4, 0.5) is 5.69 Å². The molecule has 2 heterocycles. The molecule has 0 aliphatic carbocycles. The molecule has 0 spiro atoms. The predicted molar refractivity (Wildman–Crippen MR) is 76.6 cm³/mol. The first kappa shape index (κ1) is 14.8. The topological polar surface area (TPSA) is 137 Å². The fourth-order valence-electron chi connectivity index (χ4n) is 1.62. The molecule has 0 aliphatic heterocycles. The number of benzene rings is 2. The zero-order valence-electron chi connectivity index (χ0n) is 10.7. The van der Waals surface area contributed by atoms with Gasteiger partial charge in [0.25, 0.3) is 0 Å². The number of furan rings is 2. The number of aromatic carboxylic acids is 1. The number of hydrogen-bond donors (Lipinski definition) is 3. The first-order valence-corrected chi connectivity index (χ1v) is 7.25. The Labute approximate surface area is 120 Å². The summed E-state index contributed by atoms with van der Waals surface area (Å²) in [7, 11) is -3.82. The maximum atomic E-state index is 10.8. The molecule has 0 unspecified atom stereocenters. The van der Waals surface area contributed by atoms with Gasteiger partial charge in [-0.1, -0.05) is 6.07 Å². The quantitative estimate of drug-likeness (QED) is 0.613. The third-order valence-electron chi connectivity index (χ3n) is 2.62. The number of anilines is 1. The highest BCUT2D eigenvalue weighted by Crippen LogP contribution is 2.22. The smallest absolute Gasteiger partial charge is 0.335 e. The van der Waals surface area contributed by atoms with E-state index >= 15 is 0 Å². The van der Waals surface area contributed by atoms with Crippen LogP contribution in [0.25, 0.3) is 11.2 Å². The summed E-state index contributed by atoms with van der Waals surface area (Å²) in [5, 5.41) is 13.3. The molecule has 0 amide bonds. The molecule has 8 heteroatoms. The maximum absolute atomic E-state index is 10.8. The number of carboxylic acids is 1. The summed E-state index contributed by atoms with van der Waals surface area (Å²) in [5.41, 5.74) is 7.73. The number of primary sulfonamides is 1. The lowest BCUT2D eigenvalue weighted by molar-refractivity contribution is 0.0696. The van der Waals surface area contributed by atoms with Gasteiger partial charge in [-0.05, 0) is 30.3 Å². The Morgan fingerprint density at radius 3 is 2.24 bits per heavy atom. The van der Waals surface area contributed by atoms with E-state index < -0.39 is 16.0 Å². The fraction of sp³-hybridized carbons (Fsp3) is 0. The molecule has 0 radical (unpaired) electrons. The van der Waals surface area contributed by atoms with E-state index in [1.165, 1.54) is 18.2 Å². The molecule has 0 fully saturated rings. The summed E-state index contributed by atoms with van der Waals surface area (Å²) in [6, 6.07) is 10.4. The molecule has 7 nitrogen and oxygen atoms in total. The van der Waals surface area contributed by atoms with Gasteiger partial charge in [0.15, 0.2) is 5.58 Å². The van der Waals surface area contributed by atoms with Gasteiger partial charge in [0.05, 0.1) is 16.1 Å². The van der Waals surface area contributed by atoms with Gasteiger partial charge in [0, 0.05) is 6.07 Å². The minimum atomic E-state index is -3.82. The van der Waals surface area contributed by atoms with E-state index in [1.54, 1.807) is 0 Å². The van der Waals surface area contributed by atoms with Gasteiger partial charge >= 0.3 is 5.97 Å². The number of rotatable bonds is 2. The number of fused-ring (bicyclic) bond motifs is 2. The summed E-state index contributed by atoms with van der Waals surface area (Å²) in [6.45, 7) is 0. The normalized spacial score (nSPS) is 11.1. The maximum Gasteiger partial charge on any atom is 0.335 e. The molecule has 3 rings (SSSR count). The lowest BCUT2D eigenvalue weighted by Gasteiger charge is -1.98. The number of nitrogens with two attached hydrogens (primary N) is 2. The molecule has 2 aromatic heterocycles. The number of hydrogen-bond acceptors (Lipinski definition) is 5. The first-order chi connectivity index (χ1) is 9.77. The molecule has 0 saturated heterocycles. The van der Waals surface area contributed by atoms with Crippen molar-refractivity contribution >= 4 is 32.8 Å². The van der Waals surface area contributed by atoms with Crippen LogP contribution in [0.3, 0.4) is 0 Å². The van der Waals surface area contributed by atoms with E-state index in [9.17, 15) is 13.2 Å². The third kappa shape index (κ3) is 3.50. The third-order valence-corrected chi connectivity index (χ3v) is 3.53. The van der Waals surface area contributed by atoms with Crippen molar-refractivity contribution in [2.75, 3.05) is 5.73 Å². The van der Waals surface area contributed by atoms with Gasteiger partial charge in [0.2, 0.25) is 10.0 Å². The van der Waals surface area contributed by atoms with Gasteiger partial charge in [-0.3, -0.25) is 0 Å². The average molecular weight is 308 g/mol. The molecule has 2 bridgehead atoms. The zero-order valence-corrected chi connectivity index (χ0v) is 11.5. The molecule has 0 saturated carbocycles. The zero-order chi connectivity index (χ0) is 15.6. The van der Waals surface area contributed by atoms with Gasteiger partial charge in [-0.25, -0.2) is 18.4 Å². The highest BCUT2D eigenvalue weighted by Gasteiger charge is 2.10. The Morgan fingerprint density at radius 2 is 1.86 bits per heavy atom. The summed E-state index contributed by atoms with van der Waals surface area (Å²) < 4.78 is 26.7. The summed E-state index contributed by atoms with van der Waals surface area (Å²) in [5.74, 6) is -1.19. The molecule has 0 aliphatic rings. The molecule has 21 heavy (non-hydrogen) atoms. The minimum Gasteiger partial charge on any atom is -0.478 e. The van der Waals surface area contributed by atoms with Crippen LogP contribution in [0.15, 0.2) is 51.8 Å². The lowest BCUT2D eigenvalue weighted by Crippen LogP contribution is -2.12. The van der Waals surface area contributed by atoms with E-state index in [2.05, 4.69) is 0 Å². The summed E-state index contributed by atoms with van der Waals surface area (Å²) in [4.78, 5) is 10.2. The Morgan fingerprint density at radius 1 is 1.14 bits per heavy atom. The lowest BCUT2D eigenvalue weighted by atomic mass is 10.2. The largest absolute Gasteiger partial charge is 0.478 e. The van der Waals surface area contributed by atoms with Gasteiger partial charge < -0.3 is 15.3 Å². The number of nitrogen functional groups attached to an aromatic ring is 1. The van der Waals surface area contributed by atoms with E-state index in [4.69, 9.17) is 20.4 Å². The SMILES string of the molecule is NS(=O)(=O)c1cccc(C(=O)O)c1.Nc1cc2ccc1o2. The number of carbonyl (C=O) groups is 1. The van der Waals surface area contributed by atoms with Crippen LogP contribution in [-0.2, 0) is 10.0 Å². The van der Waals surface area contributed by atoms with Crippen molar-refractivity contribution in [2.24, 2.45) is 5.14 Å². The molecular weight excluding hydrogens is 296 g/mol. The highest BCUT2D eigenvalue weighted by molar-refractivity contribution is 7.89. The van der Waals surface area contributed by atoms with Crippen LogP contribution in [0.5, 0.6) is 0 Å². The molecule has 110 valence electrons. The van der Waals surface area contributed by atoms with Crippen molar-refractivity contribution in [1.82, 2.24) is 0 Å². The van der Waals surface area contributed by atoms with Crippen LogP contribution in [0.2, 0.25) is 0 Å².